The van der Waals surface area contributed by atoms with E-state index in [0.717, 1.165) is 0 Å². The first kappa shape index (κ1) is 12.3. The van der Waals surface area contributed by atoms with E-state index in [2.05, 4.69) is 58.7 Å². The van der Waals surface area contributed by atoms with Crippen molar-refractivity contribution >= 4 is 21.8 Å². The molecule has 1 N–H and O–H groups in total. The normalized spacial score (nSPS) is 11.7. The number of fused-ring (bicyclic) bond motifs is 3. The number of rotatable bonds is 0. The predicted molar refractivity (Wildman–Crippen MR) is 84.2 cm³/mol. The summed E-state index contributed by atoms with van der Waals surface area (Å²) in [5, 5.41) is 2.82. The molecule has 0 bridgehead atoms. The van der Waals surface area contributed by atoms with E-state index in [-0.39, 0.29) is 0 Å². The highest BCUT2D eigenvalue weighted by Gasteiger charge is 2.15. The average Bonchev–Trinajstić information content (AvgIpc) is 2.78. The Hall–Kier alpha value is -1.76. The van der Waals surface area contributed by atoms with Crippen molar-refractivity contribution in [3.63, 3.8) is 0 Å². The number of hydrogen-bond acceptors (Lipinski definition) is 0. The molecule has 0 unspecified atom stereocenters. The van der Waals surface area contributed by atoms with Gasteiger partial charge in [-0.05, 0) is 81.0 Å². The van der Waals surface area contributed by atoms with E-state index in [1.807, 2.05) is 0 Å². The minimum Gasteiger partial charge on any atom is -0.354 e. The van der Waals surface area contributed by atoms with Gasteiger partial charge in [0.1, 0.15) is 0 Å². The lowest BCUT2D eigenvalue weighted by molar-refractivity contribution is 1.24. The molecule has 0 aliphatic carbocycles. The van der Waals surface area contributed by atoms with Crippen LogP contribution in [0.4, 0.5) is 0 Å². The number of aromatic amines is 1. The molecule has 0 spiro atoms. The van der Waals surface area contributed by atoms with Crippen molar-refractivity contribution < 1.29 is 0 Å². The molecule has 1 heterocycles. The van der Waals surface area contributed by atoms with Gasteiger partial charge < -0.3 is 4.98 Å². The van der Waals surface area contributed by atoms with Crippen LogP contribution in [-0.4, -0.2) is 4.98 Å². The second-order valence-corrected chi connectivity index (χ2v) is 5.81. The topological polar surface area (TPSA) is 15.8 Å². The lowest BCUT2D eigenvalue weighted by atomic mass is 9.92. The van der Waals surface area contributed by atoms with Crippen LogP contribution in [0.25, 0.3) is 21.8 Å². The Kier molecular flexibility index (Phi) is 2.50. The van der Waals surface area contributed by atoms with Gasteiger partial charge in [-0.3, -0.25) is 0 Å². The lowest BCUT2D eigenvalue weighted by Crippen LogP contribution is -1.93. The smallest absolute Gasteiger partial charge is 0.0500 e. The highest BCUT2D eigenvalue weighted by Crippen LogP contribution is 2.36. The molecule has 0 radical (unpaired) electrons. The van der Waals surface area contributed by atoms with Gasteiger partial charge >= 0.3 is 0 Å². The molecule has 3 aromatic rings. The van der Waals surface area contributed by atoms with E-state index in [1.54, 1.807) is 0 Å². The van der Waals surface area contributed by atoms with E-state index in [9.17, 15) is 0 Å². The number of nitrogens with one attached hydrogen (secondary N) is 1. The highest BCUT2D eigenvalue weighted by molar-refractivity contribution is 6.12. The molecule has 19 heavy (non-hydrogen) atoms. The number of aromatic nitrogens is 1. The molecule has 1 nitrogen and oxygen atoms in total. The first-order valence-electron chi connectivity index (χ1n) is 6.91. The summed E-state index contributed by atoms with van der Waals surface area (Å²) in [5.41, 5.74) is 11.0. The van der Waals surface area contributed by atoms with Gasteiger partial charge in [0.2, 0.25) is 0 Å². The number of H-pyrrole nitrogens is 1. The van der Waals surface area contributed by atoms with Gasteiger partial charge in [0.15, 0.2) is 0 Å². The zero-order chi connectivity index (χ0) is 13.9. The molecular formula is C18H21N. The van der Waals surface area contributed by atoms with Crippen molar-refractivity contribution in [2.75, 3.05) is 0 Å². The molecule has 1 heteroatoms. The standard InChI is InChI=1S/C18H21N/c1-9-7-8-15-16(10(9)2)17-13(5)11(3)12(4)14(6)18(17)19-15/h7-8,19H,1-6H3. The fourth-order valence-corrected chi connectivity index (χ4v) is 3.16. The predicted octanol–water partition coefficient (Wildman–Crippen LogP) is 5.17. The Bertz CT molecular complexity index is 819. The van der Waals surface area contributed by atoms with Crippen molar-refractivity contribution in [3.8, 4) is 0 Å². The summed E-state index contributed by atoms with van der Waals surface area (Å²) in [5.74, 6) is 0. The minimum absolute atomic E-state index is 1.26. The van der Waals surface area contributed by atoms with Crippen molar-refractivity contribution in [1.29, 1.82) is 0 Å². The van der Waals surface area contributed by atoms with Gasteiger partial charge in [-0.1, -0.05) is 6.07 Å². The van der Waals surface area contributed by atoms with E-state index >= 15 is 0 Å². The van der Waals surface area contributed by atoms with Gasteiger partial charge in [-0.15, -0.1) is 0 Å². The second-order valence-electron chi connectivity index (χ2n) is 5.81. The fourth-order valence-electron chi connectivity index (χ4n) is 3.16. The Morgan fingerprint density at radius 1 is 0.632 bits per heavy atom. The Morgan fingerprint density at radius 3 is 1.95 bits per heavy atom. The second kappa shape index (κ2) is 3.86. The Labute approximate surface area is 114 Å². The molecule has 98 valence electrons. The van der Waals surface area contributed by atoms with Crippen molar-refractivity contribution in [3.05, 3.63) is 45.5 Å². The van der Waals surface area contributed by atoms with Crippen LogP contribution < -0.4 is 0 Å². The summed E-state index contributed by atoms with van der Waals surface area (Å²) in [4.78, 5) is 3.62. The molecule has 0 aliphatic rings. The molecule has 2 aromatic carbocycles. The molecule has 0 saturated heterocycles. The molecule has 0 atom stereocenters. The third-order valence-corrected chi connectivity index (χ3v) is 4.93. The van der Waals surface area contributed by atoms with Crippen LogP contribution in [0.1, 0.15) is 33.4 Å². The molecule has 0 amide bonds. The van der Waals surface area contributed by atoms with E-state index < -0.39 is 0 Å². The average molecular weight is 251 g/mol. The summed E-state index contributed by atoms with van der Waals surface area (Å²) in [6, 6.07) is 4.42. The summed E-state index contributed by atoms with van der Waals surface area (Å²) >= 11 is 0. The van der Waals surface area contributed by atoms with E-state index in [0.29, 0.717) is 0 Å². The van der Waals surface area contributed by atoms with Gasteiger partial charge in [0, 0.05) is 21.8 Å². The summed E-state index contributed by atoms with van der Waals surface area (Å²) in [6.45, 7) is 13.4. The van der Waals surface area contributed by atoms with Gasteiger partial charge in [0.05, 0.1) is 0 Å². The lowest BCUT2D eigenvalue weighted by Gasteiger charge is -2.11. The van der Waals surface area contributed by atoms with Crippen LogP contribution in [0.3, 0.4) is 0 Å². The van der Waals surface area contributed by atoms with Crippen molar-refractivity contribution in [2.45, 2.75) is 41.5 Å². The van der Waals surface area contributed by atoms with Crippen molar-refractivity contribution in [2.24, 2.45) is 0 Å². The van der Waals surface area contributed by atoms with Gasteiger partial charge in [-0.25, -0.2) is 0 Å². The van der Waals surface area contributed by atoms with Crippen LogP contribution in [-0.2, 0) is 0 Å². The number of aryl methyl sites for hydroxylation is 4. The number of hydrogen-bond donors (Lipinski definition) is 1. The maximum atomic E-state index is 3.62. The highest BCUT2D eigenvalue weighted by atomic mass is 14.7. The largest absolute Gasteiger partial charge is 0.354 e. The SMILES string of the molecule is Cc1ccc2[nH]c3c(C)c(C)c(C)c(C)c3c2c1C. The first-order valence-corrected chi connectivity index (χ1v) is 6.91. The maximum absolute atomic E-state index is 3.62. The Morgan fingerprint density at radius 2 is 1.26 bits per heavy atom. The maximum Gasteiger partial charge on any atom is 0.0500 e. The van der Waals surface area contributed by atoms with Crippen LogP contribution in [0.5, 0.6) is 0 Å². The minimum atomic E-state index is 1.26. The molecule has 0 saturated carbocycles. The zero-order valence-corrected chi connectivity index (χ0v) is 12.7. The third kappa shape index (κ3) is 1.48. The molecule has 0 aliphatic heterocycles. The zero-order valence-electron chi connectivity index (χ0n) is 12.7. The monoisotopic (exact) mass is 251 g/mol. The third-order valence-electron chi connectivity index (χ3n) is 4.93. The molecule has 1 aromatic heterocycles. The van der Waals surface area contributed by atoms with Gasteiger partial charge in [0.25, 0.3) is 0 Å². The van der Waals surface area contributed by atoms with Crippen molar-refractivity contribution in [1.82, 2.24) is 4.98 Å². The fraction of sp³-hybridized carbons (Fsp3) is 0.333. The summed E-state index contributed by atoms with van der Waals surface area (Å²) in [6.07, 6.45) is 0. The van der Waals surface area contributed by atoms with Crippen LogP contribution in [0.2, 0.25) is 0 Å². The first-order chi connectivity index (χ1) is 8.93. The summed E-state index contributed by atoms with van der Waals surface area (Å²) < 4.78 is 0. The molecule has 0 fully saturated rings. The molecular weight excluding hydrogens is 230 g/mol. The number of benzene rings is 2. The van der Waals surface area contributed by atoms with Crippen LogP contribution in [0.15, 0.2) is 12.1 Å². The van der Waals surface area contributed by atoms with Gasteiger partial charge in [-0.2, -0.15) is 0 Å². The van der Waals surface area contributed by atoms with E-state index in [4.69, 9.17) is 0 Å². The molecule has 3 rings (SSSR count). The van der Waals surface area contributed by atoms with E-state index in [1.165, 1.54) is 55.2 Å². The van der Waals surface area contributed by atoms with Crippen LogP contribution >= 0.6 is 0 Å². The Balaban J connectivity index is 2.69. The van der Waals surface area contributed by atoms with Crippen LogP contribution in [0, 0.1) is 41.5 Å². The summed E-state index contributed by atoms with van der Waals surface area (Å²) in [7, 11) is 0. The quantitative estimate of drug-likeness (QED) is 0.567.